The predicted molar refractivity (Wildman–Crippen MR) is 296 cm³/mol. The third-order valence-corrected chi connectivity index (χ3v) is 20.8. The summed E-state index contributed by atoms with van der Waals surface area (Å²) in [7, 11) is -1.21. The molecule has 0 aliphatic carbocycles. The van der Waals surface area contributed by atoms with Gasteiger partial charge in [-0.15, -0.1) is 48.0 Å². The maximum atomic E-state index is 13.0. The molecule has 1 radical (unpaired) electrons. The van der Waals surface area contributed by atoms with E-state index < -0.39 is 8.07 Å². The molecule has 0 bridgehead atoms. The Morgan fingerprint density at radius 3 is 2.06 bits per heavy atom. The molecule has 0 saturated carbocycles. The second kappa shape index (κ2) is 20.0. The number of nitrogens with zero attached hydrogens (tertiary/aromatic N) is 3. The number of imidazole rings is 1. The van der Waals surface area contributed by atoms with Crippen LogP contribution in [-0.2, 0) is 31.9 Å². The molecule has 7 heteroatoms. The van der Waals surface area contributed by atoms with Crippen molar-refractivity contribution in [2.24, 2.45) is 0 Å². The van der Waals surface area contributed by atoms with Gasteiger partial charge in [-0.05, 0) is 104 Å². The molecule has 2 aliphatic rings. The number of pyridine rings is 1. The zero-order valence-corrected chi connectivity index (χ0v) is 45.9. The van der Waals surface area contributed by atoms with Gasteiger partial charge in [0.25, 0.3) is 0 Å². The van der Waals surface area contributed by atoms with E-state index in [9.17, 15) is 4.39 Å². The monoisotopic (exact) mass is 1140 g/mol. The molecule has 12 rings (SSSR count). The van der Waals surface area contributed by atoms with E-state index in [1.54, 1.807) is 11.3 Å². The number of fused-ring (bicyclic) bond motifs is 6. The van der Waals surface area contributed by atoms with Gasteiger partial charge in [0.15, 0.2) is 0 Å². The molecule has 1 spiro atoms. The van der Waals surface area contributed by atoms with Gasteiger partial charge in [0.05, 0.1) is 30.5 Å². The molecule has 10 aromatic rings. The molecular formula is C65H62FIrN3OSi-2. The first kappa shape index (κ1) is 49.3. The van der Waals surface area contributed by atoms with E-state index in [-0.39, 0.29) is 43.2 Å². The van der Waals surface area contributed by atoms with Crippen molar-refractivity contribution in [3.63, 3.8) is 0 Å². The van der Waals surface area contributed by atoms with E-state index in [1.807, 2.05) is 12.1 Å². The van der Waals surface area contributed by atoms with Gasteiger partial charge in [-0.25, -0.2) is 0 Å². The standard InChI is InChI=1S/C47H43N2O.C18H19FNSi.Ir/c1-29(2)39-26-34(32-20-23-35(24-21-32)47(5,6)7)27-40(30(3)4)44(39)49-42-19-12-11-18-41(42)48-46(49)38-17-13-16-37-36-25-22-33(28-43(36)50-45(37)38)31-14-9-8-10-15-31;19-16-7-5-14(6-8-16)17-12-15-4-3-11-21(9-1-2-10-21)18(15)13-20-17;/h8-16,18-30H,1-7H3;5,7-8,12-13H,1-4,9-11H2;/q2*-1;. The number of aromatic nitrogens is 3. The molecule has 1 fully saturated rings. The zero-order valence-electron chi connectivity index (χ0n) is 42.5. The summed E-state index contributed by atoms with van der Waals surface area (Å²) < 4.78 is 22.2. The summed E-state index contributed by atoms with van der Waals surface area (Å²) in [5, 5.41) is 3.77. The summed E-state index contributed by atoms with van der Waals surface area (Å²) in [4.78, 5) is 10.0. The van der Waals surface area contributed by atoms with Crippen LogP contribution in [0.2, 0.25) is 18.1 Å². The number of aryl methyl sites for hydroxylation is 1. The molecule has 7 aromatic carbocycles. The Balaban J connectivity index is 0.000000225. The third kappa shape index (κ3) is 9.25. The average molecular weight is 1140 g/mol. The molecule has 1 saturated heterocycles. The number of halogens is 1. The Labute approximate surface area is 439 Å². The Morgan fingerprint density at radius 1 is 0.681 bits per heavy atom. The second-order valence-electron chi connectivity index (χ2n) is 21.7. The first-order chi connectivity index (χ1) is 34.3. The van der Waals surface area contributed by atoms with Crippen molar-refractivity contribution in [3.05, 3.63) is 192 Å². The molecule has 0 unspecified atom stereocenters. The van der Waals surface area contributed by atoms with Crippen molar-refractivity contribution in [1.29, 1.82) is 0 Å². The van der Waals surface area contributed by atoms with E-state index in [4.69, 9.17) is 14.4 Å². The smallest absolute Gasteiger partial charge is 0.121 e. The normalized spacial score (nSPS) is 14.2. The fourth-order valence-corrected chi connectivity index (χ4v) is 17.0. The van der Waals surface area contributed by atoms with E-state index in [1.165, 1.54) is 101 Å². The van der Waals surface area contributed by atoms with Gasteiger partial charge in [-0.1, -0.05) is 187 Å². The third-order valence-electron chi connectivity index (χ3n) is 15.3. The minimum absolute atomic E-state index is 0. The average Bonchev–Trinajstić information content (AvgIpc) is 4.12. The summed E-state index contributed by atoms with van der Waals surface area (Å²) in [5.41, 5.74) is 17.9. The Kier molecular flexibility index (Phi) is 13.7. The van der Waals surface area contributed by atoms with Gasteiger partial charge in [0, 0.05) is 43.2 Å². The number of para-hydroxylation sites is 2. The van der Waals surface area contributed by atoms with Crippen LogP contribution in [0.1, 0.15) is 102 Å². The van der Waals surface area contributed by atoms with Gasteiger partial charge in [-0.3, -0.25) is 9.37 Å². The van der Waals surface area contributed by atoms with Crippen LogP contribution in [0, 0.1) is 17.9 Å². The number of benzene rings is 7. The number of rotatable bonds is 7. The molecule has 0 N–H and O–H groups in total. The quantitative estimate of drug-likeness (QED) is 0.118. The van der Waals surface area contributed by atoms with Crippen LogP contribution in [0.25, 0.3) is 83.6 Å². The van der Waals surface area contributed by atoms with Gasteiger partial charge in [0.1, 0.15) is 5.58 Å². The van der Waals surface area contributed by atoms with Crippen molar-refractivity contribution in [1.82, 2.24) is 14.5 Å². The van der Waals surface area contributed by atoms with Crippen LogP contribution in [0.3, 0.4) is 0 Å². The van der Waals surface area contributed by atoms with E-state index in [2.05, 4.69) is 187 Å². The van der Waals surface area contributed by atoms with Crippen LogP contribution in [-0.4, -0.2) is 22.6 Å². The van der Waals surface area contributed by atoms with Crippen molar-refractivity contribution >= 4 is 46.2 Å². The fraction of sp³-hybridized carbons (Fsp3) is 0.262. The van der Waals surface area contributed by atoms with Gasteiger partial charge in [-0.2, -0.15) is 0 Å². The number of furan rings is 1. The Morgan fingerprint density at radius 2 is 1.36 bits per heavy atom. The summed E-state index contributed by atoms with van der Waals surface area (Å²) in [6.45, 7) is 16.0. The first-order valence-electron chi connectivity index (χ1n) is 25.7. The molecule has 0 amide bonds. The summed E-state index contributed by atoms with van der Waals surface area (Å²) >= 11 is 0. The van der Waals surface area contributed by atoms with Gasteiger partial charge < -0.3 is 14.0 Å². The largest absolute Gasteiger partial charge is 0.501 e. The Bertz CT molecular complexity index is 3530. The summed E-state index contributed by atoms with van der Waals surface area (Å²) in [6, 6.07) is 61.3. The van der Waals surface area contributed by atoms with Crippen LogP contribution in [0.5, 0.6) is 0 Å². The number of hydrogen-bond donors (Lipinski definition) is 0. The van der Waals surface area contributed by atoms with Crippen LogP contribution >= 0.6 is 0 Å². The van der Waals surface area contributed by atoms with Crippen LogP contribution < -0.4 is 5.19 Å². The Hall–Kier alpha value is -6.24. The first-order valence-corrected chi connectivity index (χ1v) is 28.3. The summed E-state index contributed by atoms with van der Waals surface area (Å²) in [6.07, 6.45) is 7.51. The minimum atomic E-state index is -1.21. The molecule has 3 aromatic heterocycles. The predicted octanol–water partition coefficient (Wildman–Crippen LogP) is 17.4. The van der Waals surface area contributed by atoms with Gasteiger partial charge in [0.2, 0.25) is 0 Å². The minimum Gasteiger partial charge on any atom is -0.501 e. The number of hydrogen-bond acceptors (Lipinski definition) is 3. The molecular weight excluding hydrogens is 1080 g/mol. The maximum Gasteiger partial charge on any atom is 0.121 e. The molecule has 0 atom stereocenters. The SMILES string of the molecule is CC(C)c1cc(-c2ccc(C(C)(C)C)cc2)cc(C(C)C)c1-n1c(-c2[c-]ccc3c2oc2cc(-c4ccccc4)ccc23)nc2ccccc21.Fc1c[c-]c(-c2cc3c(cn2)[Si]2(CCCC2)CCC3)cc1.[Ir]. The van der Waals surface area contributed by atoms with Crippen molar-refractivity contribution in [3.8, 4) is 50.6 Å². The van der Waals surface area contributed by atoms with Crippen LogP contribution in [0.4, 0.5) is 4.39 Å². The van der Waals surface area contributed by atoms with Crippen molar-refractivity contribution in [2.45, 2.75) is 110 Å². The fourth-order valence-electron chi connectivity index (χ4n) is 11.5. The summed E-state index contributed by atoms with van der Waals surface area (Å²) in [5.74, 6) is 1.14. The van der Waals surface area contributed by atoms with Crippen molar-refractivity contribution in [2.75, 3.05) is 0 Å². The molecule has 365 valence electrons. The van der Waals surface area contributed by atoms with Crippen LogP contribution in [0.15, 0.2) is 156 Å². The molecule has 4 nitrogen and oxygen atoms in total. The van der Waals surface area contributed by atoms with Crippen molar-refractivity contribution < 1.29 is 28.9 Å². The van der Waals surface area contributed by atoms with E-state index in [0.717, 1.165) is 61.2 Å². The topological polar surface area (TPSA) is 43.9 Å². The zero-order chi connectivity index (χ0) is 49.0. The van der Waals surface area contributed by atoms with Gasteiger partial charge >= 0.3 is 0 Å². The van der Waals surface area contributed by atoms with E-state index in [0.29, 0.717) is 0 Å². The molecule has 5 heterocycles. The molecule has 72 heavy (non-hydrogen) atoms. The van der Waals surface area contributed by atoms with E-state index >= 15 is 0 Å². The molecule has 2 aliphatic heterocycles. The maximum absolute atomic E-state index is 13.0. The second-order valence-corrected chi connectivity index (χ2v) is 26.3.